The van der Waals surface area contributed by atoms with Crippen LogP contribution in [0, 0.1) is 23.7 Å². The Kier molecular flexibility index (Phi) is 39.9. The first-order chi connectivity index (χ1) is 41.6. The van der Waals surface area contributed by atoms with Gasteiger partial charge in [0, 0.05) is 26.9 Å². The van der Waals surface area contributed by atoms with Crippen LogP contribution in [-0.4, -0.2) is 254 Å². The summed E-state index contributed by atoms with van der Waals surface area (Å²) >= 11 is 0. The number of carboxylic acids is 2. The van der Waals surface area contributed by atoms with E-state index in [4.69, 9.17) is 23.7 Å². The number of nitrogens with one attached hydrogen (secondary N) is 8. The van der Waals surface area contributed by atoms with E-state index in [1.807, 2.05) is 13.8 Å². The molecule has 14 atom stereocenters. The molecular formula is C58H104N10O21. The average molecular weight is 1280 g/mol. The fraction of sp³-hybridized carbons (Fsp3) is 0.793. The van der Waals surface area contributed by atoms with Crippen LogP contribution in [0.25, 0.3) is 0 Å². The zero-order valence-electron chi connectivity index (χ0n) is 54.8. The number of carbonyl (C=O) groups is 12. The standard InChI is InChI=1S/C58H104N10O21/c1-17-33(7)45(53(77)59-35(9)49(73)65-47(39(13)69)55(79)67(15)37(11)51(75)63-43(31(3)4)57(81)82)61-41(71)19-21-85-23-25-87-27-29-89-30-28-88-26-24-86-22-20-42(72)62-46(34(8)18-2)54(78)60-36(10)50(74)66-48(40(14)70)56(80)68(16)38(12)52(76)64-44(32(5)6)58(83)84/h31-40,43-48,69-70H,17-30H2,1-16H3,(H,59,77)(H,60,78)(H,61,71)(H,62,72)(H,63,75)(H,64,76)(H,65,73)(H,66,74)(H,81,82)(H,83,84)/t33-,34-,35-,36-,37-,38-,39+,40+,43-,44-,45-,46-,47-,48-/m0/s1. The number of hydrogen-bond acceptors (Lipinski definition) is 19. The molecule has 0 aliphatic carbocycles. The van der Waals surface area contributed by atoms with E-state index in [9.17, 15) is 78.0 Å². The number of carboxylic acid groups (broad SMARTS) is 2. The van der Waals surface area contributed by atoms with Gasteiger partial charge in [0.05, 0.1) is 78.3 Å². The summed E-state index contributed by atoms with van der Waals surface area (Å²) in [5.74, 6) is -11.3. The highest BCUT2D eigenvalue weighted by atomic mass is 16.6. The number of aliphatic hydroxyl groups is 2. The fourth-order valence-corrected chi connectivity index (χ4v) is 8.02. The molecular weight excluding hydrogens is 1170 g/mol. The Morgan fingerprint density at radius 1 is 0.348 bits per heavy atom. The highest BCUT2D eigenvalue weighted by molar-refractivity contribution is 5.98. The van der Waals surface area contributed by atoms with Crippen LogP contribution in [0.3, 0.4) is 0 Å². The topological polar surface area (TPSA) is 435 Å². The third-order valence-electron chi connectivity index (χ3n) is 14.7. The van der Waals surface area contributed by atoms with Crippen LogP contribution in [0.4, 0.5) is 0 Å². The van der Waals surface area contributed by atoms with Crippen molar-refractivity contribution in [1.29, 1.82) is 0 Å². The number of aliphatic carboxylic acids is 2. The van der Waals surface area contributed by atoms with Gasteiger partial charge in [-0.15, -0.1) is 0 Å². The first-order valence-corrected chi connectivity index (χ1v) is 30.2. The molecule has 0 radical (unpaired) electrons. The molecule has 0 unspecified atom stereocenters. The minimum atomic E-state index is -1.54. The summed E-state index contributed by atoms with van der Waals surface area (Å²) in [6.07, 6.45) is -2.07. The van der Waals surface area contributed by atoms with Crippen molar-refractivity contribution in [1.82, 2.24) is 52.3 Å². The van der Waals surface area contributed by atoms with Crippen molar-refractivity contribution in [3.8, 4) is 0 Å². The van der Waals surface area contributed by atoms with Gasteiger partial charge in [-0.2, -0.15) is 0 Å². The maximum absolute atomic E-state index is 13.4. The van der Waals surface area contributed by atoms with Gasteiger partial charge in [0.1, 0.15) is 60.4 Å². The zero-order chi connectivity index (χ0) is 68.4. The monoisotopic (exact) mass is 1280 g/mol. The number of rotatable bonds is 46. The van der Waals surface area contributed by atoms with Crippen LogP contribution in [0.2, 0.25) is 0 Å². The molecule has 0 aromatic carbocycles. The molecule has 0 heterocycles. The number of ether oxygens (including phenoxy) is 5. The highest BCUT2D eigenvalue weighted by Crippen LogP contribution is 2.13. The molecule has 31 nitrogen and oxygen atoms in total. The summed E-state index contributed by atoms with van der Waals surface area (Å²) in [6, 6.07) is -12.4. The van der Waals surface area contributed by atoms with Gasteiger partial charge in [-0.3, -0.25) is 47.9 Å². The van der Waals surface area contributed by atoms with Gasteiger partial charge in [0.2, 0.25) is 59.1 Å². The van der Waals surface area contributed by atoms with Crippen LogP contribution in [0.15, 0.2) is 0 Å². The Morgan fingerprint density at radius 3 is 0.843 bits per heavy atom. The second-order valence-electron chi connectivity index (χ2n) is 22.7. The van der Waals surface area contributed by atoms with E-state index < -0.39 is 155 Å². The van der Waals surface area contributed by atoms with E-state index in [0.29, 0.717) is 12.8 Å². The van der Waals surface area contributed by atoms with Gasteiger partial charge < -0.3 is 96.4 Å². The summed E-state index contributed by atoms with van der Waals surface area (Å²) in [4.78, 5) is 157. The molecule has 0 fully saturated rings. The van der Waals surface area contributed by atoms with Crippen LogP contribution >= 0.6 is 0 Å². The number of nitrogens with zero attached hydrogens (tertiary/aromatic N) is 2. The predicted octanol–water partition coefficient (Wildman–Crippen LogP) is -2.20. The van der Waals surface area contributed by atoms with E-state index in [-0.39, 0.29) is 90.7 Å². The van der Waals surface area contributed by atoms with Crippen LogP contribution in [-0.2, 0) is 81.2 Å². The van der Waals surface area contributed by atoms with E-state index in [1.165, 1.54) is 55.6 Å². The highest BCUT2D eigenvalue weighted by Gasteiger charge is 2.38. The average Bonchev–Trinajstić information content (AvgIpc) is 2.48. The molecule has 0 bridgehead atoms. The molecule has 0 saturated carbocycles. The van der Waals surface area contributed by atoms with Crippen LogP contribution in [0.1, 0.15) is 123 Å². The summed E-state index contributed by atoms with van der Waals surface area (Å²) < 4.78 is 27.5. The smallest absolute Gasteiger partial charge is 0.326 e. The van der Waals surface area contributed by atoms with Gasteiger partial charge in [-0.25, -0.2) is 9.59 Å². The second kappa shape index (κ2) is 43.1. The van der Waals surface area contributed by atoms with Gasteiger partial charge in [-0.05, 0) is 65.2 Å². The Bertz CT molecular complexity index is 2120. The summed E-state index contributed by atoms with van der Waals surface area (Å²) in [6.45, 7) is 23.3. The van der Waals surface area contributed by atoms with Crippen molar-refractivity contribution in [2.45, 2.75) is 195 Å². The lowest BCUT2D eigenvalue weighted by Crippen LogP contribution is -2.61. The van der Waals surface area contributed by atoms with Crippen molar-refractivity contribution >= 4 is 71.0 Å². The van der Waals surface area contributed by atoms with Crippen molar-refractivity contribution in [3.05, 3.63) is 0 Å². The summed E-state index contributed by atoms with van der Waals surface area (Å²) in [7, 11) is 2.52. The molecule has 0 saturated heterocycles. The normalized spacial score (nSPS) is 16.1. The van der Waals surface area contributed by atoms with E-state index in [2.05, 4.69) is 42.5 Å². The molecule has 31 heteroatoms. The SMILES string of the molecule is CC[C@H](C)[C@H](NC(=O)CCOCCOCCOCCOCCOCCC(=O)N[C@H](C(=O)N[C@@H](C)C(=O)N[C@H](C(=O)N(C)[C@@H](C)C(=O)N[C@H](C(=O)O)C(C)C)[C@@H](C)O)[C@@H](C)CC)C(=O)N[C@@H](C)C(=O)N[C@H](C(=O)N(C)[C@@H](C)C(=O)N[C@H](C(=O)O)C(C)C)[C@@H](C)O. The number of amides is 10. The van der Waals surface area contributed by atoms with E-state index >= 15 is 0 Å². The van der Waals surface area contributed by atoms with Crippen molar-refractivity contribution in [2.24, 2.45) is 23.7 Å². The quantitative estimate of drug-likeness (QED) is 0.0288. The van der Waals surface area contributed by atoms with Gasteiger partial charge >= 0.3 is 11.9 Å². The molecule has 0 aromatic heterocycles. The molecule has 0 aromatic rings. The minimum Gasteiger partial charge on any atom is -0.480 e. The lowest BCUT2D eigenvalue weighted by molar-refractivity contribution is -0.147. The Labute approximate surface area is 522 Å². The first-order valence-electron chi connectivity index (χ1n) is 30.2. The number of likely N-dealkylation sites (N-methyl/N-ethyl adjacent to an activating group) is 2. The second-order valence-corrected chi connectivity index (χ2v) is 22.7. The molecule has 512 valence electrons. The lowest BCUT2D eigenvalue weighted by atomic mass is 9.97. The zero-order valence-corrected chi connectivity index (χ0v) is 54.8. The third kappa shape index (κ3) is 30.6. The number of aliphatic hydroxyl groups excluding tert-OH is 2. The number of hydrogen-bond donors (Lipinski definition) is 12. The van der Waals surface area contributed by atoms with E-state index in [0.717, 1.165) is 9.80 Å². The number of carbonyl (C=O) groups excluding carboxylic acids is 10. The summed E-state index contributed by atoms with van der Waals surface area (Å²) in [5.41, 5.74) is 0. The Morgan fingerprint density at radius 2 is 0.607 bits per heavy atom. The molecule has 10 amide bonds. The van der Waals surface area contributed by atoms with Crippen molar-refractivity contribution in [2.75, 3.05) is 80.2 Å². The molecule has 0 aliphatic rings. The maximum atomic E-state index is 13.4. The van der Waals surface area contributed by atoms with Gasteiger partial charge in [-0.1, -0.05) is 68.2 Å². The van der Waals surface area contributed by atoms with Crippen molar-refractivity contribution < 1.29 is 102 Å². The van der Waals surface area contributed by atoms with Gasteiger partial charge in [0.15, 0.2) is 0 Å². The van der Waals surface area contributed by atoms with Crippen LogP contribution in [0.5, 0.6) is 0 Å². The molecule has 0 spiro atoms. The Hall–Kier alpha value is -6.64. The fourth-order valence-electron chi connectivity index (χ4n) is 8.02. The molecule has 0 rings (SSSR count). The Balaban J connectivity index is 4.70. The molecule has 12 N–H and O–H groups in total. The van der Waals surface area contributed by atoms with Gasteiger partial charge in [0.25, 0.3) is 0 Å². The first kappa shape index (κ1) is 82.4. The maximum Gasteiger partial charge on any atom is 0.326 e. The third-order valence-corrected chi connectivity index (χ3v) is 14.7. The lowest BCUT2D eigenvalue weighted by Gasteiger charge is -2.31. The molecule has 0 aliphatic heterocycles. The predicted molar refractivity (Wildman–Crippen MR) is 322 cm³/mol. The summed E-state index contributed by atoms with van der Waals surface area (Å²) in [5, 5.41) is 59.8. The minimum absolute atomic E-state index is 0.0165. The van der Waals surface area contributed by atoms with Crippen molar-refractivity contribution in [3.63, 3.8) is 0 Å². The van der Waals surface area contributed by atoms with Crippen LogP contribution < -0.4 is 42.5 Å². The largest absolute Gasteiger partial charge is 0.480 e. The van der Waals surface area contributed by atoms with E-state index in [1.54, 1.807) is 41.5 Å². The molecule has 89 heavy (non-hydrogen) atoms.